The van der Waals surface area contributed by atoms with Gasteiger partial charge >= 0.3 is 0 Å². The van der Waals surface area contributed by atoms with E-state index in [-0.39, 0.29) is 5.91 Å². The normalized spacial score (nSPS) is 12.2. The fraction of sp³-hybridized carbons (Fsp3) is 0.190. The predicted octanol–water partition coefficient (Wildman–Crippen LogP) is 2.93. The van der Waals surface area contributed by atoms with Crippen molar-refractivity contribution in [1.82, 2.24) is 15.3 Å². The molecule has 0 bridgehead atoms. The van der Waals surface area contributed by atoms with Gasteiger partial charge in [0, 0.05) is 36.3 Å². The zero-order valence-electron chi connectivity index (χ0n) is 15.8. The van der Waals surface area contributed by atoms with Crippen LogP contribution in [0, 0.1) is 0 Å². The second-order valence-electron chi connectivity index (χ2n) is 6.27. The van der Waals surface area contributed by atoms with Crippen LogP contribution in [0.25, 0.3) is 0 Å². The summed E-state index contributed by atoms with van der Waals surface area (Å²) in [5.41, 5.74) is 2.02. The minimum atomic E-state index is -0.262. The summed E-state index contributed by atoms with van der Waals surface area (Å²) in [4.78, 5) is 20.8. The first-order chi connectivity index (χ1) is 14.2. The van der Waals surface area contributed by atoms with Crippen molar-refractivity contribution in [2.75, 3.05) is 25.6 Å². The van der Waals surface area contributed by atoms with Crippen LogP contribution >= 0.6 is 0 Å². The second-order valence-corrected chi connectivity index (χ2v) is 6.27. The Hall–Kier alpha value is -3.81. The van der Waals surface area contributed by atoms with Gasteiger partial charge in [-0.3, -0.25) is 4.79 Å². The molecule has 8 heteroatoms. The number of ether oxygens (including phenoxy) is 3. The SMILES string of the molecule is COc1ccccc1CNC(=O)c1cnc(Nc2ccc3c(c2)OCCO3)nc1. The summed E-state index contributed by atoms with van der Waals surface area (Å²) in [7, 11) is 1.60. The molecule has 2 aromatic carbocycles. The zero-order valence-corrected chi connectivity index (χ0v) is 15.8. The highest BCUT2D eigenvalue weighted by Gasteiger charge is 2.13. The van der Waals surface area contributed by atoms with E-state index in [2.05, 4.69) is 20.6 Å². The summed E-state index contributed by atoms with van der Waals surface area (Å²) in [6.45, 7) is 1.41. The molecule has 2 heterocycles. The van der Waals surface area contributed by atoms with Gasteiger partial charge in [0.25, 0.3) is 5.91 Å². The fourth-order valence-electron chi connectivity index (χ4n) is 2.89. The van der Waals surface area contributed by atoms with Crippen molar-refractivity contribution < 1.29 is 19.0 Å². The van der Waals surface area contributed by atoms with Crippen molar-refractivity contribution in [2.24, 2.45) is 0 Å². The molecule has 0 radical (unpaired) electrons. The minimum Gasteiger partial charge on any atom is -0.496 e. The number of carbonyl (C=O) groups excluding carboxylic acids is 1. The number of carbonyl (C=O) groups is 1. The average Bonchev–Trinajstić information content (AvgIpc) is 2.78. The summed E-state index contributed by atoms with van der Waals surface area (Å²) in [6, 6.07) is 13.0. The predicted molar refractivity (Wildman–Crippen MR) is 107 cm³/mol. The summed E-state index contributed by atoms with van der Waals surface area (Å²) < 4.78 is 16.4. The number of amides is 1. The Balaban J connectivity index is 1.38. The largest absolute Gasteiger partial charge is 0.496 e. The lowest BCUT2D eigenvalue weighted by Gasteiger charge is -2.19. The van der Waals surface area contributed by atoms with Crippen LogP contribution in [0.4, 0.5) is 11.6 Å². The molecule has 0 unspecified atom stereocenters. The topological polar surface area (TPSA) is 94.6 Å². The summed E-state index contributed by atoms with van der Waals surface area (Å²) in [5, 5.41) is 5.93. The van der Waals surface area contributed by atoms with Crippen LogP contribution in [0.2, 0.25) is 0 Å². The van der Waals surface area contributed by atoms with Gasteiger partial charge in [-0.25, -0.2) is 9.97 Å². The molecule has 4 rings (SSSR count). The monoisotopic (exact) mass is 392 g/mol. The van der Waals surface area contributed by atoms with Gasteiger partial charge in [0.2, 0.25) is 5.95 Å². The van der Waals surface area contributed by atoms with Gasteiger partial charge in [0.05, 0.1) is 12.7 Å². The lowest BCUT2D eigenvalue weighted by Crippen LogP contribution is -2.23. The summed E-state index contributed by atoms with van der Waals surface area (Å²) >= 11 is 0. The van der Waals surface area contributed by atoms with Gasteiger partial charge in [-0.1, -0.05) is 18.2 Å². The zero-order chi connectivity index (χ0) is 20.1. The van der Waals surface area contributed by atoms with Crippen molar-refractivity contribution in [3.8, 4) is 17.2 Å². The lowest BCUT2D eigenvalue weighted by atomic mass is 10.2. The first-order valence-corrected chi connectivity index (χ1v) is 9.12. The molecular weight excluding hydrogens is 372 g/mol. The maximum absolute atomic E-state index is 12.4. The van der Waals surface area contributed by atoms with Crippen molar-refractivity contribution in [2.45, 2.75) is 6.54 Å². The third kappa shape index (κ3) is 4.37. The van der Waals surface area contributed by atoms with Gasteiger partial charge in [0.1, 0.15) is 19.0 Å². The van der Waals surface area contributed by atoms with Crippen LogP contribution in [-0.4, -0.2) is 36.2 Å². The maximum Gasteiger partial charge on any atom is 0.254 e. The van der Waals surface area contributed by atoms with Crippen molar-refractivity contribution in [3.63, 3.8) is 0 Å². The summed E-state index contributed by atoms with van der Waals surface area (Å²) in [6.07, 6.45) is 2.95. The second kappa shape index (κ2) is 8.47. The Morgan fingerprint density at radius 1 is 1.07 bits per heavy atom. The molecule has 3 aromatic rings. The summed E-state index contributed by atoms with van der Waals surface area (Å²) in [5.74, 6) is 2.23. The van der Waals surface area contributed by atoms with Crippen LogP contribution in [0.3, 0.4) is 0 Å². The molecule has 29 heavy (non-hydrogen) atoms. The number of nitrogens with zero attached hydrogens (tertiary/aromatic N) is 2. The third-order valence-electron chi connectivity index (χ3n) is 4.34. The van der Waals surface area contributed by atoms with E-state index in [4.69, 9.17) is 14.2 Å². The molecule has 1 aromatic heterocycles. The number of hydrogen-bond donors (Lipinski definition) is 2. The number of aromatic nitrogens is 2. The number of hydrogen-bond acceptors (Lipinski definition) is 7. The van der Waals surface area contributed by atoms with Gasteiger partial charge in [-0.15, -0.1) is 0 Å². The number of anilines is 2. The highest BCUT2D eigenvalue weighted by Crippen LogP contribution is 2.33. The first kappa shape index (κ1) is 18.5. The third-order valence-corrected chi connectivity index (χ3v) is 4.34. The van der Waals surface area contributed by atoms with E-state index in [1.54, 1.807) is 7.11 Å². The molecule has 0 aliphatic carbocycles. The van der Waals surface area contributed by atoms with Crippen molar-refractivity contribution >= 4 is 17.5 Å². The molecule has 0 fully saturated rings. The lowest BCUT2D eigenvalue weighted by molar-refractivity contribution is 0.0950. The van der Waals surface area contributed by atoms with Crippen LogP contribution in [0.5, 0.6) is 17.2 Å². The molecule has 2 N–H and O–H groups in total. The van der Waals surface area contributed by atoms with E-state index >= 15 is 0 Å². The number of methoxy groups -OCH3 is 1. The molecule has 1 aliphatic rings. The number of para-hydroxylation sites is 1. The number of rotatable bonds is 6. The fourth-order valence-corrected chi connectivity index (χ4v) is 2.89. The standard InChI is InChI=1S/C21H20N4O4/c1-27-17-5-3-2-4-14(17)11-22-20(26)15-12-23-21(24-13-15)25-16-6-7-18-19(10-16)29-9-8-28-18/h2-7,10,12-13H,8-9,11H2,1H3,(H,22,26)(H,23,24,25). The smallest absolute Gasteiger partial charge is 0.254 e. The Morgan fingerprint density at radius 2 is 1.83 bits per heavy atom. The molecule has 0 saturated carbocycles. The quantitative estimate of drug-likeness (QED) is 0.666. The van der Waals surface area contributed by atoms with Crippen LogP contribution in [-0.2, 0) is 6.54 Å². The van der Waals surface area contributed by atoms with E-state index < -0.39 is 0 Å². The number of benzene rings is 2. The van der Waals surface area contributed by atoms with Crippen LogP contribution in [0.1, 0.15) is 15.9 Å². The van der Waals surface area contributed by atoms with Gasteiger partial charge in [0.15, 0.2) is 11.5 Å². The highest BCUT2D eigenvalue weighted by atomic mass is 16.6. The molecule has 1 amide bonds. The van der Waals surface area contributed by atoms with E-state index in [9.17, 15) is 4.79 Å². The molecule has 1 aliphatic heterocycles. The maximum atomic E-state index is 12.4. The number of nitrogens with one attached hydrogen (secondary N) is 2. The Labute approximate surface area is 167 Å². The van der Waals surface area contributed by atoms with Gasteiger partial charge in [-0.2, -0.15) is 0 Å². The Bertz CT molecular complexity index is 1010. The molecular formula is C21H20N4O4. The van der Waals surface area contributed by atoms with Crippen molar-refractivity contribution in [3.05, 3.63) is 66.0 Å². The molecule has 0 spiro atoms. The van der Waals surface area contributed by atoms with E-state index in [1.165, 1.54) is 12.4 Å². The number of fused-ring (bicyclic) bond motifs is 1. The molecule has 0 atom stereocenters. The van der Waals surface area contributed by atoms with E-state index in [1.807, 2.05) is 42.5 Å². The first-order valence-electron chi connectivity index (χ1n) is 9.12. The Kier molecular flexibility index (Phi) is 5.42. The highest BCUT2D eigenvalue weighted by molar-refractivity contribution is 5.93. The van der Waals surface area contributed by atoms with Gasteiger partial charge < -0.3 is 24.8 Å². The van der Waals surface area contributed by atoms with Crippen molar-refractivity contribution in [1.29, 1.82) is 0 Å². The average molecular weight is 392 g/mol. The Morgan fingerprint density at radius 3 is 2.62 bits per heavy atom. The molecule has 0 saturated heterocycles. The minimum absolute atomic E-state index is 0.262. The van der Waals surface area contributed by atoms with Crippen LogP contribution in [0.15, 0.2) is 54.9 Å². The molecule has 148 valence electrons. The van der Waals surface area contributed by atoms with E-state index in [0.29, 0.717) is 42.8 Å². The van der Waals surface area contributed by atoms with E-state index in [0.717, 1.165) is 17.0 Å². The molecule has 8 nitrogen and oxygen atoms in total. The van der Waals surface area contributed by atoms with Gasteiger partial charge in [-0.05, 0) is 18.2 Å². The van der Waals surface area contributed by atoms with Crippen LogP contribution < -0.4 is 24.8 Å².